The van der Waals surface area contributed by atoms with Gasteiger partial charge in [0.1, 0.15) is 0 Å². The zero-order valence-electron chi connectivity index (χ0n) is 16.6. The van der Waals surface area contributed by atoms with Crippen molar-refractivity contribution in [1.29, 1.82) is 0 Å². The molecule has 0 aromatic heterocycles. The first-order chi connectivity index (χ1) is 13.5. The number of methoxy groups -OCH3 is 2. The number of rotatable bonds is 7. The summed E-state index contributed by atoms with van der Waals surface area (Å²) in [4.78, 5) is 26.2. The second kappa shape index (κ2) is 9.28. The van der Waals surface area contributed by atoms with E-state index in [1.807, 2.05) is 12.1 Å². The third-order valence-electron chi connectivity index (χ3n) is 5.65. The van der Waals surface area contributed by atoms with Gasteiger partial charge in [0, 0.05) is 19.6 Å². The minimum Gasteiger partial charge on any atom is -0.493 e. The average molecular weight is 391 g/mol. The molecule has 1 aromatic rings. The van der Waals surface area contributed by atoms with Crippen LogP contribution in [0.15, 0.2) is 12.1 Å². The van der Waals surface area contributed by atoms with Crippen molar-refractivity contribution in [1.82, 2.24) is 4.90 Å². The lowest BCUT2D eigenvalue weighted by Crippen LogP contribution is -2.41. The number of benzene rings is 1. The third kappa shape index (κ3) is 4.58. The van der Waals surface area contributed by atoms with Crippen molar-refractivity contribution in [2.75, 3.05) is 27.4 Å². The van der Waals surface area contributed by atoms with Crippen molar-refractivity contribution in [3.8, 4) is 11.5 Å². The number of fused-ring (bicyclic) bond motifs is 1. The molecule has 0 aliphatic carbocycles. The summed E-state index contributed by atoms with van der Waals surface area (Å²) < 4.78 is 16.5. The Morgan fingerprint density at radius 2 is 1.96 bits per heavy atom. The van der Waals surface area contributed by atoms with Gasteiger partial charge in [0.15, 0.2) is 11.5 Å². The van der Waals surface area contributed by atoms with E-state index in [0.717, 1.165) is 37.0 Å². The molecular formula is C21H29NO6. The molecule has 1 fully saturated rings. The summed E-state index contributed by atoms with van der Waals surface area (Å²) >= 11 is 0. The van der Waals surface area contributed by atoms with Gasteiger partial charge in [0.05, 0.1) is 32.8 Å². The zero-order chi connectivity index (χ0) is 20.1. The third-order valence-corrected chi connectivity index (χ3v) is 5.65. The maximum atomic E-state index is 12.9. The Hall–Kier alpha value is -2.28. The van der Waals surface area contributed by atoms with E-state index in [1.54, 1.807) is 19.1 Å². The number of nitrogens with zero attached hydrogens (tertiary/aromatic N) is 1. The number of carboxylic acids is 1. The van der Waals surface area contributed by atoms with Crippen LogP contribution in [0.2, 0.25) is 0 Å². The Bertz CT molecular complexity index is 713. The van der Waals surface area contributed by atoms with Gasteiger partial charge in [-0.3, -0.25) is 9.59 Å². The van der Waals surface area contributed by atoms with Crippen LogP contribution in [0.3, 0.4) is 0 Å². The summed E-state index contributed by atoms with van der Waals surface area (Å²) in [6.07, 6.45) is 4.95. The zero-order valence-corrected chi connectivity index (χ0v) is 16.6. The van der Waals surface area contributed by atoms with Crippen LogP contribution in [0, 0.1) is 0 Å². The molecule has 3 rings (SSSR count). The van der Waals surface area contributed by atoms with E-state index in [2.05, 4.69) is 0 Å². The summed E-state index contributed by atoms with van der Waals surface area (Å²) in [5, 5.41) is 9.44. The summed E-state index contributed by atoms with van der Waals surface area (Å²) in [5.41, 5.74) is 1.83. The van der Waals surface area contributed by atoms with E-state index in [4.69, 9.17) is 14.2 Å². The van der Waals surface area contributed by atoms with Crippen molar-refractivity contribution < 1.29 is 28.9 Å². The second-order valence-corrected chi connectivity index (χ2v) is 7.38. The van der Waals surface area contributed by atoms with Crippen LogP contribution < -0.4 is 9.47 Å². The summed E-state index contributed by atoms with van der Waals surface area (Å²) in [5.74, 6) is 0.216. The molecule has 0 bridgehead atoms. The molecule has 1 aromatic carbocycles. The van der Waals surface area contributed by atoms with Gasteiger partial charge in [-0.2, -0.15) is 0 Å². The van der Waals surface area contributed by atoms with Gasteiger partial charge in [-0.25, -0.2) is 0 Å². The topological polar surface area (TPSA) is 85.3 Å². The first-order valence-electron chi connectivity index (χ1n) is 9.91. The van der Waals surface area contributed by atoms with E-state index in [9.17, 15) is 14.7 Å². The number of hydrogen-bond acceptors (Lipinski definition) is 5. The SMILES string of the molecule is COc1cc2c(cc1OC)C(CC(=O)O)N(C(=O)CCC1CCCCO1)CC2. The minimum atomic E-state index is -0.930. The molecule has 2 atom stereocenters. The highest BCUT2D eigenvalue weighted by molar-refractivity contribution is 5.78. The largest absolute Gasteiger partial charge is 0.493 e. The highest BCUT2D eigenvalue weighted by Crippen LogP contribution is 2.39. The quantitative estimate of drug-likeness (QED) is 0.769. The molecule has 2 aliphatic heterocycles. The van der Waals surface area contributed by atoms with Crippen molar-refractivity contribution in [3.63, 3.8) is 0 Å². The number of hydrogen-bond donors (Lipinski definition) is 1. The molecule has 0 spiro atoms. The van der Waals surface area contributed by atoms with Crippen LogP contribution in [0.4, 0.5) is 0 Å². The molecule has 1 saturated heterocycles. The Balaban J connectivity index is 1.79. The molecule has 2 unspecified atom stereocenters. The van der Waals surface area contributed by atoms with Gasteiger partial charge < -0.3 is 24.2 Å². The smallest absolute Gasteiger partial charge is 0.305 e. The van der Waals surface area contributed by atoms with E-state index >= 15 is 0 Å². The first-order valence-corrected chi connectivity index (χ1v) is 9.91. The molecule has 28 heavy (non-hydrogen) atoms. The lowest BCUT2D eigenvalue weighted by molar-refractivity contribution is -0.141. The molecule has 1 amide bonds. The fraction of sp³-hybridized carbons (Fsp3) is 0.619. The molecule has 154 valence electrons. The van der Waals surface area contributed by atoms with Gasteiger partial charge >= 0.3 is 5.97 Å². The highest BCUT2D eigenvalue weighted by atomic mass is 16.5. The van der Waals surface area contributed by atoms with Crippen molar-refractivity contribution in [2.45, 2.75) is 57.1 Å². The maximum Gasteiger partial charge on any atom is 0.305 e. The van der Waals surface area contributed by atoms with Crippen molar-refractivity contribution in [2.24, 2.45) is 0 Å². The molecule has 2 aliphatic rings. The summed E-state index contributed by atoms with van der Waals surface area (Å²) in [7, 11) is 3.12. The van der Waals surface area contributed by atoms with Gasteiger partial charge in [-0.15, -0.1) is 0 Å². The predicted molar refractivity (Wildman–Crippen MR) is 103 cm³/mol. The average Bonchev–Trinajstić information content (AvgIpc) is 2.71. The van der Waals surface area contributed by atoms with Crippen LogP contribution in [-0.4, -0.2) is 55.4 Å². The summed E-state index contributed by atoms with van der Waals surface area (Å²) in [6, 6.07) is 3.20. The number of ether oxygens (including phenoxy) is 3. The molecule has 7 nitrogen and oxygen atoms in total. The number of amides is 1. The first kappa shape index (κ1) is 20.5. The fourth-order valence-electron chi connectivity index (χ4n) is 4.18. The molecule has 7 heteroatoms. The molecule has 2 heterocycles. The summed E-state index contributed by atoms with van der Waals surface area (Å²) in [6.45, 7) is 1.27. The lowest BCUT2D eigenvalue weighted by atomic mass is 9.89. The Morgan fingerprint density at radius 1 is 1.21 bits per heavy atom. The highest BCUT2D eigenvalue weighted by Gasteiger charge is 2.33. The van der Waals surface area contributed by atoms with Crippen molar-refractivity contribution in [3.05, 3.63) is 23.3 Å². The maximum absolute atomic E-state index is 12.9. The van der Waals surface area contributed by atoms with Crippen LogP contribution >= 0.6 is 0 Å². The van der Waals surface area contributed by atoms with E-state index in [-0.39, 0.29) is 18.4 Å². The Kier molecular flexibility index (Phi) is 6.78. The predicted octanol–water partition coefficient (Wildman–Crippen LogP) is 2.95. The molecule has 0 radical (unpaired) electrons. The standard InChI is InChI=1S/C21H29NO6/c1-26-18-11-14-8-9-22(20(23)7-6-15-5-3-4-10-28-15)17(13-21(24)25)16(14)12-19(18)27-2/h11-12,15,17H,3-10,13H2,1-2H3,(H,24,25). The lowest BCUT2D eigenvalue weighted by Gasteiger charge is -2.37. The van der Waals surface area contributed by atoms with Crippen LogP contribution in [0.5, 0.6) is 11.5 Å². The van der Waals surface area contributed by atoms with E-state index < -0.39 is 12.0 Å². The van der Waals surface area contributed by atoms with Crippen molar-refractivity contribution >= 4 is 11.9 Å². The fourth-order valence-corrected chi connectivity index (χ4v) is 4.18. The van der Waals surface area contributed by atoms with Gasteiger partial charge in [-0.1, -0.05) is 0 Å². The monoisotopic (exact) mass is 391 g/mol. The van der Waals surface area contributed by atoms with Crippen LogP contribution in [-0.2, 0) is 20.7 Å². The van der Waals surface area contributed by atoms with Crippen LogP contribution in [0.25, 0.3) is 0 Å². The van der Waals surface area contributed by atoms with Gasteiger partial charge in [0.2, 0.25) is 5.91 Å². The molecule has 1 N–H and O–H groups in total. The van der Waals surface area contributed by atoms with E-state index in [1.165, 1.54) is 0 Å². The van der Waals surface area contributed by atoms with Gasteiger partial charge in [0.25, 0.3) is 0 Å². The minimum absolute atomic E-state index is 0.0131. The number of carboxylic acid groups (broad SMARTS) is 1. The van der Waals surface area contributed by atoms with Crippen LogP contribution in [0.1, 0.15) is 55.7 Å². The number of carbonyl (C=O) groups is 2. The number of aliphatic carboxylic acids is 1. The van der Waals surface area contributed by atoms with Gasteiger partial charge in [-0.05, 0) is 55.4 Å². The molecule has 0 saturated carbocycles. The number of carbonyl (C=O) groups excluding carboxylic acids is 1. The normalized spacial score (nSPS) is 21.7. The Morgan fingerprint density at radius 3 is 2.61 bits per heavy atom. The molecular weight excluding hydrogens is 362 g/mol. The Labute approximate surface area is 165 Å². The van der Waals surface area contributed by atoms with E-state index in [0.29, 0.717) is 37.3 Å². The second-order valence-electron chi connectivity index (χ2n) is 7.38.